The van der Waals surface area contributed by atoms with Crippen molar-refractivity contribution in [2.24, 2.45) is 5.92 Å². The summed E-state index contributed by atoms with van der Waals surface area (Å²) in [6.45, 7) is 6.33. The lowest BCUT2D eigenvalue weighted by Crippen LogP contribution is -2.32. The second-order valence-corrected chi connectivity index (χ2v) is 6.33. The van der Waals surface area contributed by atoms with Gasteiger partial charge in [0.25, 0.3) is 11.5 Å². The Morgan fingerprint density at radius 2 is 2.20 bits per heavy atom. The largest absolute Gasteiger partial charge is 0.396 e. The lowest BCUT2D eigenvalue weighted by Gasteiger charge is -2.19. The van der Waals surface area contributed by atoms with Crippen LogP contribution in [0.1, 0.15) is 30.6 Å². The van der Waals surface area contributed by atoms with Gasteiger partial charge in [0.1, 0.15) is 0 Å². The summed E-state index contributed by atoms with van der Waals surface area (Å²) in [5, 5.41) is 12.1. The second-order valence-electron chi connectivity index (χ2n) is 6.33. The number of aryl methyl sites for hydroxylation is 1. The number of nitrogens with one attached hydrogen (secondary N) is 1. The Balaban J connectivity index is 2.10. The van der Waals surface area contributed by atoms with E-state index >= 15 is 0 Å². The fourth-order valence-electron chi connectivity index (χ4n) is 3.33. The number of hydrogen-bond donors (Lipinski definition) is 2. The van der Waals surface area contributed by atoms with E-state index in [9.17, 15) is 14.7 Å². The summed E-state index contributed by atoms with van der Waals surface area (Å²) in [5.41, 5.74) is 1.76. The number of aliphatic hydroxyl groups is 1. The van der Waals surface area contributed by atoms with Gasteiger partial charge in [-0.1, -0.05) is 0 Å². The van der Waals surface area contributed by atoms with Crippen LogP contribution >= 0.6 is 0 Å². The van der Waals surface area contributed by atoms with Crippen LogP contribution < -0.4 is 15.8 Å². The molecule has 1 aromatic heterocycles. The van der Waals surface area contributed by atoms with Crippen molar-refractivity contribution in [2.75, 3.05) is 31.1 Å². The van der Waals surface area contributed by atoms with Crippen molar-refractivity contribution < 1.29 is 9.90 Å². The third-order valence-electron chi connectivity index (χ3n) is 4.69. The van der Waals surface area contributed by atoms with Crippen LogP contribution in [0.4, 0.5) is 5.82 Å². The maximum absolute atomic E-state index is 12.8. The number of aromatic nitrogens is 2. The summed E-state index contributed by atoms with van der Waals surface area (Å²) in [7, 11) is 0. The van der Waals surface area contributed by atoms with Gasteiger partial charge in [0.05, 0.1) is 11.0 Å². The van der Waals surface area contributed by atoms with Crippen LogP contribution in [0.2, 0.25) is 0 Å². The Labute approximate surface area is 146 Å². The molecule has 25 heavy (non-hydrogen) atoms. The lowest BCUT2D eigenvalue weighted by atomic mass is 10.1. The van der Waals surface area contributed by atoms with Crippen LogP contribution in [0, 0.1) is 5.92 Å². The quantitative estimate of drug-likeness (QED) is 0.844. The van der Waals surface area contributed by atoms with Gasteiger partial charge < -0.3 is 19.9 Å². The Kier molecular flexibility index (Phi) is 5.03. The molecule has 0 bridgehead atoms. The standard InChI is InChI=1S/C18H24N4O3/c1-3-19-17(24)13-5-6-15-14(9-13)20-16(18(25)22(15)4-2)21-8-7-12(10-21)11-23/h5-6,9,12,23H,3-4,7-8,10-11H2,1-2H3,(H,19,24)/t12-/m0/s1. The van der Waals surface area contributed by atoms with Gasteiger partial charge in [-0.25, -0.2) is 4.98 Å². The first kappa shape index (κ1) is 17.4. The zero-order valence-corrected chi connectivity index (χ0v) is 14.7. The molecule has 1 amide bonds. The van der Waals surface area contributed by atoms with E-state index in [0.29, 0.717) is 43.1 Å². The van der Waals surface area contributed by atoms with Gasteiger partial charge in [0.15, 0.2) is 5.82 Å². The number of anilines is 1. The number of carbonyl (C=O) groups excluding carboxylic acids is 1. The van der Waals surface area contributed by atoms with E-state index in [4.69, 9.17) is 0 Å². The SMILES string of the molecule is CCNC(=O)c1ccc2c(c1)nc(N1CC[C@H](CO)C1)c(=O)n2CC. The second kappa shape index (κ2) is 7.23. The number of fused-ring (bicyclic) bond motifs is 1. The zero-order valence-electron chi connectivity index (χ0n) is 14.7. The summed E-state index contributed by atoms with van der Waals surface area (Å²) in [4.78, 5) is 31.4. The molecule has 7 nitrogen and oxygen atoms in total. The summed E-state index contributed by atoms with van der Waals surface area (Å²) >= 11 is 0. The van der Waals surface area contributed by atoms with Crippen LogP contribution in [0.5, 0.6) is 0 Å². The molecule has 1 atom stereocenters. The molecule has 2 N–H and O–H groups in total. The topological polar surface area (TPSA) is 87.5 Å². The fourth-order valence-corrected chi connectivity index (χ4v) is 3.33. The van der Waals surface area contributed by atoms with E-state index in [1.54, 1.807) is 22.8 Å². The van der Waals surface area contributed by atoms with Crippen LogP contribution in [-0.2, 0) is 6.54 Å². The highest BCUT2D eigenvalue weighted by Gasteiger charge is 2.26. The highest BCUT2D eigenvalue weighted by Crippen LogP contribution is 2.22. The number of nitrogens with zero attached hydrogens (tertiary/aromatic N) is 3. The zero-order chi connectivity index (χ0) is 18.0. The van der Waals surface area contributed by atoms with E-state index in [2.05, 4.69) is 10.3 Å². The normalized spacial score (nSPS) is 17.2. The number of hydrogen-bond acceptors (Lipinski definition) is 5. The molecule has 1 aliphatic heterocycles. The molecular formula is C18H24N4O3. The molecule has 0 aliphatic carbocycles. The van der Waals surface area contributed by atoms with Gasteiger partial charge in [-0.15, -0.1) is 0 Å². The Bertz CT molecular complexity index is 846. The van der Waals surface area contributed by atoms with Crippen LogP contribution in [0.25, 0.3) is 11.0 Å². The lowest BCUT2D eigenvalue weighted by molar-refractivity contribution is 0.0956. The number of aliphatic hydroxyl groups excluding tert-OH is 1. The van der Waals surface area contributed by atoms with E-state index in [1.165, 1.54) is 0 Å². The molecular weight excluding hydrogens is 320 g/mol. The molecule has 7 heteroatoms. The van der Waals surface area contributed by atoms with E-state index in [-0.39, 0.29) is 24.0 Å². The average molecular weight is 344 g/mol. The maximum Gasteiger partial charge on any atom is 0.293 e. The third-order valence-corrected chi connectivity index (χ3v) is 4.69. The number of amides is 1. The van der Waals surface area contributed by atoms with Crippen LogP contribution in [0.3, 0.4) is 0 Å². The summed E-state index contributed by atoms with van der Waals surface area (Å²) in [5.74, 6) is 0.426. The average Bonchev–Trinajstić information content (AvgIpc) is 3.10. The summed E-state index contributed by atoms with van der Waals surface area (Å²) < 4.78 is 1.69. The minimum atomic E-state index is -0.150. The first-order valence-electron chi connectivity index (χ1n) is 8.77. The molecule has 1 fully saturated rings. The first-order chi connectivity index (χ1) is 12.1. The van der Waals surface area contributed by atoms with Crippen LogP contribution in [0.15, 0.2) is 23.0 Å². The molecule has 1 aromatic carbocycles. The smallest absolute Gasteiger partial charge is 0.293 e. The van der Waals surface area contributed by atoms with Crippen molar-refractivity contribution in [1.29, 1.82) is 0 Å². The van der Waals surface area contributed by atoms with E-state index in [0.717, 1.165) is 11.9 Å². The molecule has 134 valence electrons. The predicted octanol–water partition coefficient (Wildman–Crippen LogP) is 0.985. The van der Waals surface area contributed by atoms with E-state index < -0.39 is 0 Å². The molecule has 0 unspecified atom stereocenters. The molecule has 1 saturated heterocycles. The Morgan fingerprint density at radius 1 is 1.40 bits per heavy atom. The first-order valence-corrected chi connectivity index (χ1v) is 8.77. The van der Waals surface area contributed by atoms with Gasteiger partial charge >= 0.3 is 0 Å². The van der Waals surface area contributed by atoms with Crippen LogP contribution in [-0.4, -0.2) is 46.8 Å². The monoisotopic (exact) mass is 344 g/mol. The third kappa shape index (κ3) is 3.24. The molecule has 1 aliphatic rings. The van der Waals surface area contributed by atoms with Crippen molar-refractivity contribution in [3.05, 3.63) is 34.1 Å². The predicted molar refractivity (Wildman–Crippen MR) is 97.1 cm³/mol. The van der Waals surface area contributed by atoms with Crippen molar-refractivity contribution >= 4 is 22.8 Å². The van der Waals surface area contributed by atoms with Gasteiger partial charge in [0.2, 0.25) is 0 Å². The fraction of sp³-hybridized carbons (Fsp3) is 0.500. The van der Waals surface area contributed by atoms with Crippen molar-refractivity contribution in [2.45, 2.75) is 26.8 Å². The van der Waals surface area contributed by atoms with Crippen molar-refractivity contribution in [1.82, 2.24) is 14.9 Å². The van der Waals surface area contributed by atoms with Gasteiger partial charge in [-0.2, -0.15) is 0 Å². The summed E-state index contributed by atoms with van der Waals surface area (Å²) in [6.07, 6.45) is 0.848. The molecule has 3 rings (SSSR count). The number of rotatable bonds is 5. The minimum Gasteiger partial charge on any atom is -0.396 e. The summed E-state index contributed by atoms with van der Waals surface area (Å²) in [6, 6.07) is 5.23. The molecule has 0 spiro atoms. The maximum atomic E-state index is 12.8. The molecule has 2 heterocycles. The van der Waals surface area contributed by atoms with Crippen molar-refractivity contribution in [3.63, 3.8) is 0 Å². The number of benzene rings is 1. The van der Waals surface area contributed by atoms with Gasteiger partial charge in [0, 0.05) is 44.3 Å². The molecule has 0 radical (unpaired) electrons. The highest BCUT2D eigenvalue weighted by atomic mass is 16.3. The Hall–Kier alpha value is -2.41. The van der Waals surface area contributed by atoms with Gasteiger partial charge in [-0.05, 0) is 38.5 Å². The number of carbonyl (C=O) groups is 1. The highest BCUT2D eigenvalue weighted by molar-refractivity contribution is 5.97. The van der Waals surface area contributed by atoms with Gasteiger partial charge in [-0.3, -0.25) is 9.59 Å². The Morgan fingerprint density at radius 3 is 2.84 bits per heavy atom. The molecule has 2 aromatic rings. The minimum absolute atomic E-state index is 0.118. The van der Waals surface area contributed by atoms with Crippen molar-refractivity contribution in [3.8, 4) is 0 Å². The molecule has 0 saturated carbocycles. The van der Waals surface area contributed by atoms with E-state index in [1.807, 2.05) is 18.7 Å².